The van der Waals surface area contributed by atoms with Gasteiger partial charge < -0.3 is 10.8 Å². The molecule has 0 aliphatic carbocycles. The Bertz CT molecular complexity index is 355. The standard InChI is InChI=1S/C13H21FN2O/c1-9(17)8-16(3)13(10(2)15)11-5-4-6-12(14)7-11/h4-7,9-10,13,17H,8,15H2,1-3H3. The zero-order valence-electron chi connectivity index (χ0n) is 10.6. The highest BCUT2D eigenvalue weighted by molar-refractivity contribution is 5.21. The molecule has 0 amide bonds. The molecular formula is C13H21FN2O. The Morgan fingerprint density at radius 2 is 2.06 bits per heavy atom. The van der Waals surface area contributed by atoms with Gasteiger partial charge in [-0.3, -0.25) is 4.90 Å². The summed E-state index contributed by atoms with van der Waals surface area (Å²) in [6.07, 6.45) is -0.435. The fraction of sp³-hybridized carbons (Fsp3) is 0.538. The Morgan fingerprint density at radius 3 is 2.53 bits per heavy atom. The first kappa shape index (κ1) is 14.1. The Hall–Kier alpha value is -0.970. The van der Waals surface area contributed by atoms with Gasteiger partial charge in [-0.05, 0) is 38.6 Å². The SMILES string of the molecule is CC(O)CN(C)C(c1cccc(F)c1)C(C)N. The molecule has 3 atom stereocenters. The second-order valence-electron chi connectivity index (χ2n) is 4.65. The first-order valence-electron chi connectivity index (χ1n) is 5.81. The first-order chi connectivity index (χ1) is 7.91. The average Bonchev–Trinajstić information content (AvgIpc) is 2.15. The lowest BCUT2D eigenvalue weighted by atomic mass is 9.99. The van der Waals surface area contributed by atoms with Crippen molar-refractivity contribution >= 4 is 0 Å². The number of nitrogens with two attached hydrogens (primary N) is 1. The van der Waals surface area contributed by atoms with Gasteiger partial charge in [0.15, 0.2) is 0 Å². The van der Waals surface area contributed by atoms with Gasteiger partial charge in [0.2, 0.25) is 0 Å². The van der Waals surface area contributed by atoms with Gasteiger partial charge >= 0.3 is 0 Å². The molecule has 1 aromatic carbocycles. The van der Waals surface area contributed by atoms with Crippen LogP contribution in [-0.4, -0.2) is 35.7 Å². The molecule has 3 unspecified atom stereocenters. The van der Waals surface area contributed by atoms with Gasteiger partial charge in [-0.1, -0.05) is 12.1 Å². The van der Waals surface area contributed by atoms with Crippen molar-refractivity contribution in [1.82, 2.24) is 4.90 Å². The van der Waals surface area contributed by atoms with Crippen LogP contribution in [0.5, 0.6) is 0 Å². The summed E-state index contributed by atoms with van der Waals surface area (Å²) in [6.45, 7) is 4.11. The lowest BCUT2D eigenvalue weighted by Gasteiger charge is -2.32. The number of hydrogen-bond acceptors (Lipinski definition) is 3. The van der Waals surface area contributed by atoms with Gasteiger partial charge in [0, 0.05) is 18.6 Å². The predicted octanol–water partition coefficient (Wildman–Crippen LogP) is 1.53. The summed E-state index contributed by atoms with van der Waals surface area (Å²) in [4.78, 5) is 1.95. The van der Waals surface area contributed by atoms with Crippen molar-refractivity contribution < 1.29 is 9.50 Å². The van der Waals surface area contributed by atoms with Crippen LogP contribution in [0, 0.1) is 5.82 Å². The largest absolute Gasteiger partial charge is 0.392 e. The molecule has 3 N–H and O–H groups in total. The van der Waals surface area contributed by atoms with Crippen molar-refractivity contribution in [3.63, 3.8) is 0 Å². The van der Waals surface area contributed by atoms with Crippen LogP contribution in [0.2, 0.25) is 0 Å². The van der Waals surface area contributed by atoms with Crippen molar-refractivity contribution in [2.24, 2.45) is 5.73 Å². The normalized spacial score (nSPS) is 16.9. The van der Waals surface area contributed by atoms with Crippen LogP contribution in [0.1, 0.15) is 25.5 Å². The van der Waals surface area contributed by atoms with Crippen molar-refractivity contribution in [2.75, 3.05) is 13.6 Å². The molecule has 0 aliphatic heterocycles. The number of aliphatic hydroxyl groups is 1. The number of halogens is 1. The van der Waals surface area contributed by atoms with E-state index in [-0.39, 0.29) is 17.9 Å². The molecule has 0 aromatic heterocycles. The smallest absolute Gasteiger partial charge is 0.123 e. The van der Waals surface area contributed by atoms with Crippen molar-refractivity contribution in [3.05, 3.63) is 35.6 Å². The van der Waals surface area contributed by atoms with Crippen LogP contribution in [0.25, 0.3) is 0 Å². The first-order valence-corrected chi connectivity index (χ1v) is 5.81. The summed E-state index contributed by atoms with van der Waals surface area (Å²) in [5, 5.41) is 9.40. The van der Waals surface area contributed by atoms with E-state index in [1.807, 2.05) is 24.9 Å². The number of hydrogen-bond donors (Lipinski definition) is 2. The van der Waals surface area contributed by atoms with Crippen LogP contribution in [0.4, 0.5) is 4.39 Å². The molecule has 4 heteroatoms. The Balaban J connectivity index is 2.93. The minimum absolute atomic E-state index is 0.0969. The highest BCUT2D eigenvalue weighted by Gasteiger charge is 2.22. The van der Waals surface area contributed by atoms with Gasteiger partial charge in [0.05, 0.1) is 6.10 Å². The van der Waals surface area contributed by atoms with E-state index in [1.54, 1.807) is 13.0 Å². The number of likely N-dealkylation sites (N-methyl/N-ethyl adjacent to an activating group) is 1. The van der Waals surface area contributed by atoms with E-state index in [1.165, 1.54) is 12.1 Å². The number of rotatable bonds is 5. The van der Waals surface area contributed by atoms with Crippen LogP contribution >= 0.6 is 0 Å². The zero-order valence-corrected chi connectivity index (χ0v) is 10.6. The van der Waals surface area contributed by atoms with Crippen LogP contribution < -0.4 is 5.73 Å². The number of nitrogens with zero attached hydrogens (tertiary/aromatic N) is 1. The van der Waals surface area contributed by atoms with Gasteiger partial charge in [-0.25, -0.2) is 4.39 Å². The molecule has 0 spiro atoms. The molecule has 0 saturated carbocycles. The van der Waals surface area contributed by atoms with Gasteiger partial charge in [0.25, 0.3) is 0 Å². The lowest BCUT2D eigenvalue weighted by molar-refractivity contribution is 0.110. The molecule has 0 heterocycles. The summed E-state index contributed by atoms with van der Waals surface area (Å²) < 4.78 is 13.2. The van der Waals surface area contributed by atoms with Crippen LogP contribution in [-0.2, 0) is 0 Å². The summed E-state index contributed by atoms with van der Waals surface area (Å²) in [5.41, 5.74) is 6.79. The van der Waals surface area contributed by atoms with E-state index < -0.39 is 6.10 Å². The molecule has 0 saturated heterocycles. The second-order valence-corrected chi connectivity index (χ2v) is 4.65. The molecule has 17 heavy (non-hydrogen) atoms. The maximum absolute atomic E-state index is 13.2. The van der Waals surface area contributed by atoms with E-state index in [9.17, 15) is 9.50 Å². The Kier molecular flexibility index (Phi) is 5.05. The molecule has 1 aromatic rings. The maximum atomic E-state index is 13.2. The monoisotopic (exact) mass is 240 g/mol. The fourth-order valence-electron chi connectivity index (χ4n) is 2.18. The average molecular weight is 240 g/mol. The Morgan fingerprint density at radius 1 is 1.41 bits per heavy atom. The third kappa shape index (κ3) is 4.07. The highest BCUT2D eigenvalue weighted by atomic mass is 19.1. The molecule has 3 nitrogen and oxygen atoms in total. The van der Waals surface area contributed by atoms with E-state index in [4.69, 9.17) is 5.73 Å². The lowest BCUT2D eigenvalue weighted by Crippen LogP contribution is -2.40. The second kappa shape index (κ2) is 6.10. The quantitative estimate of drug-likeness (QED) is 0.820. The van der Waals surface area contributed by atoms with Crippen LogP contribution in [0.3, 0.4) is 0 Å². The third-order valence-corrected chi connectivity index (χ3v) is 2.72. The topological polar surface area (TPSA) is 49.5 Å². The van der Waals surface area contributed by atoms with Gasteiger partial charge in [0.1, 0.15) is 5.82 Å². The Labute approximate surface area is 102 Å². The molecule has 0 bridgehead atoms. The molecular weight excluding hydrogens is 219 g/mol. The highest BCUT2D eigenvalue weighted by Crippen LogP contribution is 2.23. The van der Waals surface area contributed by atoms with Crippen molar-refractivity contribution in [1.29, 1.82) is 0 Å². The van der Waals surface area contributed by atoms with E-state index in [2.05, 4.69) is 0 Å². The summed E-state index contributed by atoms with van der Waals surface area (Å²) >= 11 is 0. The predicted molar refractivity (Wildman–Crippen MR) is 67.1 cm³/mol. The number of benzene rings is 1. The van der Waals surface area contributed by atoms with E-state index in [0.29, 0.717) is 6.54 Å². The van der Waals surface area contributed by atoms with Crippen molar-refractivity contribution in [3.8, 4) is 0 Å². The summed E-state index contributed by atoms with van der Waals surface area (Å²) in [7, 11) is 1.88. The van der Waals surface area contributed by atoms with E-state index >= 15 is 0 Å². The molecule has 1 rings (SSSR count). The number of aliphatic hydroxyl groups excluding tert-OH is 1. The molecule has 0 aliphatic rings. The van der Waals surface area contributed by atoms with E-state index in [0.717, 1.165) is 5.56 Å². The minimum Gasteiger partial charge on any atom is -0.392 e. The van der Waals surface area contributed by atoms with Gasteiger partial charge in [-0.2, -0.15) is 0 Å². The molecule has 0 radical (unpaired) electrons. The molecule has 0 fully saturated rings. The fourth-order valence-corrected chi connectivity index (χ4v) is 2.18. The van der Waals surface area contributed by atoms with Crippen molar-refractivity contribution in [2.45, 2.75) is 32.0 Å². The summed E-state index contributed by atoms with van der Waals surface area (Å²) in [5.74, 6) is -0.265. The van der Waals surface area contributed by atoms with Crippen LogP contribution in [0.15, 0.2) is 24.3 Å². The minimum atomic E-state index is -0.435. The maximum Gasteiger partial charge on any atom is 0.123 e. The summed E-state index contributed by atoms with van der Waals surface area (Å²) in [6, 6.07) is 6.20. The third-order valence-electron chi connectivity index (χ3n) is 2.72. The van der Waals surface area contributed by atoms with Gasteiger partial charge in [-0.15, -0.1) is 0 Å². The zero-order chi connectivity index (χ0) is 13.0. The molecule has 96 valence electrons.